The molecule has 1 heterocycles. The maximum Gasteiger partial charge on any atom is 0.343 e. The van der Waals surface area contributed by atoms with E-state index in [1.165, 1.54) is 7.11 Å². The standard InChI is InChI=1S/C24H17ClO5/c1-14-20(30-24(27)16-4-3-5-18(13-16)28-2)11-10-19-22(26)21(29-23(14)19)12-15-6-8-17(25)9-7-15/h3-13H,1-2H3/b21-12-. The Bertz CT molecular complexity index is 1180. The SMILES string of the molecule is COc1cccc(C(=O)Oc2ccc3c(c2C)O/C(=C\c2ccc(Cl)cc2)C3=O)c1. The number of ketones is 1. The number of Topliss-reactive ketones (excluding diaryl/α,β-unsaturated/α-hetero) is 1. The number of benzene rings is 3. The van der Waals surface area contributed by atoms with Gasteiger partial charge >= 0.3 is 5.97 Å². The van der Waals surface area contributed by atoms with Crippen LogP contribution in [0.5, 0.6) is 17.2 Å². The van der Waals surface area contributed by atoms with Gasteiger partial charge in [-0.15, -0.1) is 0 Å². The average Bonchev–Trinajstić information content (AvgIpc) is 3.08. The number of hydrogen-bond acceptors (Lipinski definition) is 5. The number of carbonyl (C=O) groups is 2. The molecule has 6 heteroatoms. The third kappa shape index (κ3) is 3.80. The van der Waals surface area contributed by atoms with Crippen molar-refractivity contribution in [2.75, 3.05) is 7.11 Å². The normalized spacial score (nSPS) is 13.7. The highest BCUT2D eigenvalue weighted by Crippen LogP contribution is 2.39. The maximum absolute atomic E-state index is 12.7. The maximum atomic E-state index is 12.7. The van der Waals surface area contributed by atoms with Gasteiger partial charge in [-0.3, -0.25) is 4.79 Å². The molecule has 5 nitrogen and oxygen atoms in total. The third-order valence-corrected chi connectivity index (χ3v) is 4.96. The predicted octanol–water partition coefficient (Wildman–Crippen LogP) is 5.49. The first-order chi connectivity index (χ1) is 14.5. The number of rotatable bonds is 4. The van der Waals surface area contributed by atoms with Crippen LogP contribution in [0.1, 0.15) is 31.8 Å². The van der Waals surface area contributed by atoms with E-state index in [4.69, 9.17) is 25.8 Å². The summed E-state index contributed by atoms with van der Waals surface area (Å²) in [5.41, 5.74) is 2.14. The molecule has 1 aliphatic heterocycles. The van der Waals surface area contributed by atoms with Gasteiger partial charge in [0.1, 0.15) is 17.2 Å². The second-order valence-electron chi connectivity index (χ2n) is 6.68. The molecule has 0 saturated heterocycles. The lowest BCUT2D eigenvalue weighted by Gasteiger charge is -2.10. The number of carbonyl (C=O) groups excluding carboxylic acids is 2. The van der Waals surface area contributed by atoms with Crippen LogP contribution in [0.15, 0.2) is 66.4 Å². The number of fused-ring (bicyclic) bond motifs is 1. The second-order valence-corrected chi connectivity index (χ2v) is 7.11. The molecule has 0 radical (unpaired) electrons. The van der Waals surface area contributed by atoms with Crippen LogP contribution in [0.25, 0.3) is 6.08 Å². The van der Waals surface area contributed by atoms with Crippen LogP contribution >= 0.6 is 11.6 Å². The van der Waals surface area contributed by atoms with Gasteiger partial charge in [-0.2, -0.15) is 0 Å². The molecule has 3 aromatic rings. The van der Waals surface area contributed by atoms with Crippen LogP contribution in [0.4, 0.5) is 0 Å². The van der Waals surface area contributed by atoms with E-state index in [9.17, 15) is 9.59 Å². The van der Waals surface area contributed by atoms with E-state index >= 15 is 0 Å². The van der Waals surface area contributed by atoms with Crippen LogP contribution in [0.3, 0.4) is 0 Å². The van der Waals surface area contributed by atoms with Gasteiger partial charge in [0.15, 0.2) is 5.76 Å². The predicted molar refractivity (Wildman–Crippen MR) is 114 cm³/mol. The molecule has 0 aliphatic carbocycles. The van der Waals surface area contributed by atoms with Gasteiger partial charge in [-0.1, -0.05) is 29.8 Å². The number of hydrogen-bond donors (Lipinski definition) is 0. The van der Waals surface area contributed by atoms with E-state index in [1.807, 2.05) is 0 Å². The highest BCUT2D eigenvalue weighted by Gasteiger charge is 2.30. The van der Waals surface area contributed by atoms with Crippen molar-refractivity contribution in [3.05, 3.63) is 93.7 Å². The Labute approximate surface area is 178 Å². The van der Waals surface area contributed by atoms with Crippen molar-refractivity contribution in [3.8, 4) is 17.2 Å². The quantitative estimate of drug-likeness (QED) is 0.317. The third-order valence-electron chi connectivity index (χ3n) is 4.71. The Morgan fingerprint density at radius 1 is 1.07 bits per heavy atom. The first kappa shape index (κ1) is 19.7. The Kier molecular flexibility index (Phi) is 5.29. The van der Waals surface area contributed by atoms with Crippen molar-refractivity contribution in [2.24, 2.45) is 0 Å². The molecule has 30 heavy (non-hydrogen) atoms. The van der Waals surface area contributed by atoms with Gasteiger partial charge in [-0.05, 0) is 61.0 Å². The smallest absolute Gasteiger partial charge is 0.343 e. The van der Waals surface area contributed by atoms with E-state index in [2.05, 4.69) is 0 Å². The molecule has 0 fully saturated rings. The topological polar surface area (TPSA) is 61.8 Å². The van der Waals surface area contributed by atoms with Gasteiger partial charge in [0.2, 0.25) is 5.78 Å². The second kappa shape index (κ2) is 8.05. The zero-order chi connectivity index (χ0) is 21.3. The summed E-state index contributed by atoms with van der Waals surface area (Å²) in [6.45, 7) is 1.74. The molecule has 0 spiro atoms. The molecule has 0 atom stereocenters. The average molecular weight is 421 g/mol. The summed E-state index contributed by atoms with van der Waals surface area (Å²) >= 11 is 5.90. The summed E-state index contributed by atoms with van der Waals surface area (Å²) in [4.78, 5) is 25.2. The van der Waals surface area contributed by atoms with E-state index in [-0.39, 0.29) is 11.5 Å². The fraction of sp³-hybridized carbons (Fsp3) is 0.0833. The highest BCUT2D eigenvalue weighted by atomic mass is 35.5. The minimum atomic E-state index is -0.529. The fourth-order valence-corrected chi connectivity index (χ4v) is 3.22. The summed E-state index contributed by atoms with van der Waals surface area (Å²) in [5.74, 6) is 0.706. The number of methoxy groups -OCH3 is 1. The highest BCUT2D eigenvalue weighted by molar-refractivity contribution is 6.30. The fourth-order valence-electron chi connectivity index (χ4n) is 3.10. The van der Waals surface area contributed by atoms with Crippen molar-refractivity contribution < 1.29 is 23.8 Å². The zero-order valence-corrected chi connectivity index (χ0v) is 17.0. The van der Waals surface area contributed by atoms with Gasteiger partial charge in [-0.25, -0.2) is 4.79 Å². The largest absolute Gasteiger partial charge is 0.497 e. The van der Waals surface area contributed by atoms with E-state index < -0.39 is 5.97 Å². The molecule has 0 N–H and O–H groups in total. The minimum Gasteiger partial charge on any atom is -0.497 e. The summed E-state index contributed by atoms with van der Waals surface area (Å²) in [6.07, 6.45) is 1.65. The number of halogens is 1. The molecule has 0 unspecified atom stereocenters. The zero-order valence-electron chi connectivity index (χ0n) is 16.3. The van der Waals surface area contributed by atoms with Crippen molar-refractivity contribution in [3.63, 3.8) is 0 Å². The summed E-state index contributed by atoms with van der Waals surface area (Å²) in [5, 5.41) is 0.609. The summed E-state index contributed by atoms with van der Waals surface area (Å²) < 4.78 is 16.5. The van der Waals surface area contributed by atoms with Crippen LogP contribution in [-0.4, -0.2) is 18.9 Å². The Morgan fingerprint density at radius 3 is 2.57 bits per heavy atom. The number of ether oxygens (including phenoxy) is 3. The number of allylic oxidation sites excluding steroid dienone is 1. The van der Waals surface area contributed by atoms with Gasteiger partial charge < -0.3 is 14.2 Å². The molecule has 1 aliphatic rings. The first-order valence-electron chi connectivity index (χ1n) is 9.16. The van der Waals surface area contributed by atoms with Crippen molar-refractivity contribution >= 4 is 29.4 Å². The van der Waals surface area contributed by atoms with Crippen molar-refractivity contribution in [2.45, 2.75) is 6.92 Å². The van der Waals surface area contributed by atoms with Crippen LogP contribution in [-0.2, 0) is 0 Å². The molecule has 4 rings (SSSR count). The lowest BCUT2D eigenvalue weighted by atomic mass is 10.1. The summed E-state index contributed by atoms with van der Waals surface area (Å²) in [7, 11) is 1.53. The monoisotopic (exact) mass is 420 g/mol. The Balaban J connectivity index is 1.60. The minimum absolute atomic E-state index is 0.201. The molecule has 150 valence electrons. The summed E-state index contributed by atoms with van der Waals surface area (Å²) in [6, 6.07) is 16.9. The Hall–Kier alpha value is -3.57. The molecular formula is C24H17ClO5. The van der Waals surface area contributed by atoms with Gasteiger partial charge in [0.05, 0.1) is 18.2 Å². The molecular weight excluding hydrogens is 404 g/mol. The van der Waals surface area contributed by atoms with Crippen molar-refractivity contribution in [1.29, 1.82) is 0 Å². The lowest BCUT2D eigenvalue weighted by molar-refractivity contribution is 0.0732. The van der Waals surface area contributed by atoms with E-state index in [0.29, 0.717) is 39.0 Å². The lowest BCUT2D eigenvalue weighted by Crippen LogP contribution is -2.09. The van der Waals surface area contributed by atoms with E-state index in [0.717, 1.165) is 5.56 Å². The first-order valence-corrected chi connectivity index (χ1v) is 9.53. The molecule has 0 saturated carbocycles. The molecule has 0 aromatic heterocycles. The van der Waals surface area contributed by atoms with Crippen LogP contribution in [0.2, 0.25) is 5.02 Å². The van der Waals surface area contributed by atoms with Gasteiger partial charge in [0.25, 0.3) is 0 Å². The number of esters is 1. The molecule has 0 bridgehead atoms. The van der Waals surface area contributed by atoms with Crippen molar-refractivity contribution in [1.82, 2.24) is 0 Å². The Morgan fingerprint density at radius 2 is 1.83 bits per heavy atom. The molecule has 0 amide bonds. The van der Waals surface area contributed by atoms with Crippen LogP contribution < -0.4 is 14.2 Å². The van der Waals surface area contributed by atoms with Crippen LogP contribution in [0, 0.1) is 6.92 Å². The van der Waals surface area contributed by atoms with E-state index in [1.54, 1.807) is 73.7 Å². The van der Waals surface area contributed by atoms with Gasteiger partial charge in [0, 0.05) is 10.6 Å². The molecule has 3 aromatic carbocycles.